The third kappa shape index (κ3) is 8.07. The van der Waals surface area contributed by atoms with Gasteiger partial charge in [0.05, 0.1) is 40.8 Å². The molecule has 2 aromatic carbocycles. The van der Waals surface area contributed by atoms with E-state index >= 15 is 0 Å². The molecule has 2 aliphatic rings. The molecule has 9 nitrogen and oxygen atoms in total. The molecule has 41 heavy (non-hydrogen) atoms. The molecule has 0 spiro atoms. The highest BCUT2D eigenvalue weighted by Gasteiger charge is 2.48. The summed E-state index contributed by atoms with van der Waals surface area (Å²) < 4.78 is 5.88. The van der Waals surface area contributed by atoms with Gasteiger partial charge in [-0.05, 0) is 61.8 Å². The number of quaternary nitrogens is 1. The Bertz CT molecular complexity index is 1180. The number of amides is 3. The van der Waals surface area contributed by atoms with Crippen LogP contribution in [0, 0.1) is 5.92 Å². The molecule has 0 aliphatic carbocycles. The van der Waals surface area contributed by atoms with Crippen LogP contribution in [0.1, 0.15) is 36.8 Å². The van der Waals surface area contributed by atoms with Crippen LogP contribution in [-0.2, 0) is 27.2 Å². The lowest BCUT2D eigenvalue weighted by Gasteiger charge is -2.35. The van der Waals surface area contributed by atoms with Crippen molar-refractivity contribution in [1.82, 2.24) is 15.5 Å². The largest absolute Gasteiger partial charge is 0.497 e. The summed E-state index contributed by atoms with van der Waals surface area (Å²) in [6, 6.07) is 15.4. The number of fused-ring (bicyclic) bond motifs is 1. The van der Waals surface area contributed by atoms with E-state index in [1.807, 2.05) is 54.6 Å². The van der Waals surface area contributed by atoms with Crippen LogP contribution in [0.3, 0.4) is 0 Å². The minimum absolute atomic E-state index is 0.00491. The Morgan fingerprint density at radius 1 is 1.00 bits per heavy atom. The summed E-state index contributed by atoms with van der Waals surface area (Å²) in [6.07, 6.45) is 4.09. The molecule has 222 valence electrons. The molecule has 2 aliphatic heterocycles. The highest BCUT2D eigenvalue weighted by atomic mass is 16.5. The van der Waals surface area contributed by atoms with Crippen molar-refractivity contribution >= 4 is 17.7 Å². The van der Waals surface area contributed by atoms with Crippen molar-refractivity contribution in [3.63, 3.8) is 0 Å². The summed E-state index contributed by atoms with van der Waals surface area (Å²) in [4.78, 5) is 42.6. The second-order valence-electron chi connectivity index (χ2n) is 12.5. The molecule has 2 fully saturated rings. The lowest BCUT2D eigenvalue weighted by Crippen LogP contribution is -2.59. The van der Waals surface area contributed by atoms with Crippen LogP contribution in [0.5, 0.6) is 5.75 Å². The first-order valence-corrected chi connectivity index (χ1v) is 14.7. The third-order valence-corrected chi connectivity index (χ3v) is 8.25. The van der Waals surface area contributed by atoms with Crippen molar-refractivity contribution in [3.05, 3.63) is 65.7 Å². The highest BCUT2D eigenvalue weighted by Crippen LogP contribution is 2.34. The number of carbonyl (C=O) groups is 3. The fourth-order valence-corrected chi connectivity index (χ4v) is 6.23. The molecule has 0 saturated carbocycles. The number of carbonyl (C=O) groups excluding carboxylic acids is 3. The van der Waals surface area contributed by atoms with Gasteiger partial charge >= 0.3 is 0 Å². The fraction of sp³-hybridized carbons (Fsp3) is 0.531. The van der Waals surface area contributed by atoms with E-state index < -0.39 is 18.1 Å². The second-order valence-corrected chi connectivity index (χ2v) is 12.5. The number of rotatable bonds is 11. The molecular weight excluding hydrogens is 518 g/mol. The van der Waals surface area contributed by atoms with Crippen LogP contribution in [0.2, 0.25) is 0 Å². The number of hydrogen-bond acceptors (Lipinski definition) is 5. The SMILES string of the molecule is COc1ccc(CCNC(=O)[C@@H]2CC[C@@H]3CC[C@H](C[N+](C)(C)C)[C@H](NC(=O)[C@H](N)Cc4ccccc4)C(=O)N32)cc1. The Hall–Kier alpha value is -3.43. The lowest BCUT2D eigenvalue weighted by atomic mass is 9.91. The van der Waals surface area contributed by atoms with Gasteiger partial charge in [-0.15, -0.1) is 0 Å². The van der Waals surface area contributed by atoms with E-state index in [-0.39, 0.29) is 29.7 Å². The van der Waals surface area contributed by atoms with E-state index in [0.29, 0.717) is 30.3 Å². The van der Waals surface area contributed by atoms with E-state index in [4.69, 9.17) is 10.5 Å². The maximum absolute atomic E-state index is 14.2. The van der Waals surface area contributed by atoms with Crippen LogP contribution >= 0.6 is 0 Å². The fourth-order valence-electron chi connectivity index (χ4n) is 6.23. The molecule has 3 amide bonds. The molecule has 0 aromatic heterocycles. The molecule has 2 aromatic rings. The summed E-state index contributed by atoms with van der Waals surface area (Å²) in [5.41, 5.74) is 8.38. The quantitative estimate of drug-likeness (QED) is 0.361. The molecular formula is C32H46N5O4+. The molecule has 0 bridgehead atoms. The van der Waals surface area contributed by atoms with Gasteiger partial charge < -0.3 is 30.5 Å². The average molecular weight is 565 g/mol. The first-order chi connectivity index (χ1) is 19.6. The minimum Gasteiger partial charge on any atom is -0.497 e. The Labute approximate surface area is 244 Å². The van der Waals surface area contributed by atoms with Gasteiger partial charge in [0, 0.05) is 18.5 Å². The Morgan fingerprint density at radius 3 is 2.34 bits per heavy atom. The van der Waals surface area contributed by atoms with Crippen molar-refractivity contribution in [2.45, 2.75) is 62.7 Å². The molecule has 2 heterocycles. The molecule has 4 N–H and O–H groups in total. The first kappa shape index (κ1) is 30.5. The number of nitrogens with zero attached hydrogens (tertiary/aromatic N) is 2. The summed E-state index contributed by atoms with van der Waals surface area (Å²) in [7, 11) is 7.91. The van der Waals surface area contributed by atoms with Crippen LogP contribution in [0.25, 0.3) is 0 Å². The van der Waals surface area contributed by atoms with E-state index in [0.717, 1.165) is 42.7 Å². The third-order valence-electron chi connectivity index (χ3n) is 8.25. The van der Waals surface area contributed by atoms with Crippen molar-refractivity contribution in [2.24, 2.45) is 11.7 Å². The number of methoxy groups -OCH3 is 1. The molecule has 5 atom stereocenters. The normalized spacial score (nSPS) is 23.3. The molecule has 0 unspecified atom stereocenters. The number of benzene rings is 2. The highest BCUT2D eigenvalue weighted by molar-refractivity contribution is 5.94. The number of ether oxygens (including phenoxy) is 1. The van der Waals surface area contributed by atoms with Crippen molar-refractivity contribution in [3.8, 4) is 5.75 Å². The van der Waals surface area contributed by atoms with Crippen molar-refractivity contribution < 1.29 is 23.6 Å². The van der Waals surface area contributed by atoms with Gasteiger partial charge in [0.15, 0.2) is 0 Å². The van der Waals surface area contributed by atoms with Crippen LogP contribution in [-0.4, -0.2) is 92.6 Å². The standard InChI is InChI=1S/C32H45N5O4/c1-37(2,3)21-24-12-13-25-14-17-28(31(39)34-19-18-22-10-15-26(41-4)16-11-22)36(25)32(40)29(24)35-30(38)27(33)20-23-8-6-5-7-9-23/h5-11,15-16,24-25,27-29H,12-14,17-21,33H2,1-4H3,(H-,34,35,38,39)/p+1/t24-,25+,27-,28+,29+/m1/s1. The zero-order valence-corrected chi connectivity index (χ0v) is 24.8. The van der Waals surface area contributed by atoms with Gasteiger partial charge in [0.25, 0.3) is 0 Å². The predicted molar refractivity (Wildman–Crippen MR) is 159 cm³/mol. The van der Waals surface area contributed by atoms with E-state index in [2.05, 4.69) is 31.8 Å². The second kappa shape index (κ2) is 13.5. The molecule has 2 saturated heterocycles. The Kier molecular flexibility index (Phi) is 10.0. The summed E-state index contributed by atoms with van der Waals surface area (Å²) in [6.45, 7) is 1.21. The Balaban J connectivity index is 1.45. The average Bonchev–Trinajstić information content (AvgIpc) is 3.33. The van der Waals surface area contributed by atoms with Crippen LogP contribution in [0.15, 0.2) is 54.6 Å². The van der Waals surface area contributed by atoms with Crippen molar-refractivity contribution in [2.75, 3.05) is 41.3 Å². The monoisotopic (exact) mass is 564 g/mol. The zero-order chi connectivity index (χ0) is 29.6. The van der Waals surface area contributed by atoms with Crippen molar-refractivity contribution in [1.29, 1.82) is 0 Å². The first-order valence-electron chi connectivity index (χ1n) is 14.7. The number of nitrogens with two attached hydrogens (primary N) is 1. The summed E-state index contributed by atoms with van der Waals surface area (Å²) in [5.74, 6) is 0.0986. The van der Waals surface area contributed by atoms with Gasteiger partial charge in [-0.2, -0.15) is 0 Å². The van der Waals surface area contributed by atoms with Gasteiger partial charge in [-0.25, -0.2) is 0 Å². The lowest BCUT2D eigenvalue weighted by molar-refractivity contribution is -0.874. The van der Waals surface area contributed by atoms with Gasteiger partial charge in [-0.1, -0.05) is 42.5 Å². The molecule has 4 rings (SSSR count). The van der Waals surface area contributed by atoms with Gasteiger partial charge in [0.1, 0.15) is 17.8 Å². The van der Waals surface area contributed by atoms with Gasteiger partial charge in [0.2, 0.25) is 17.7 Å². The van der Waals surface area contributed by atoms with E-state index in [1.165, 1.54) is 0 Å². The van der Waals surface area contributed by atoms with E-state index in [1.54, 1.807) is 12.0 Å². The van der Waals surface area contributed by atoms with Crippen LogP contribution in [0.4, 0.5) is 0 Å². The molecule has 0 radical (unpaired) electrons. The number of nitrogens with one attached hydrogen (secondary N) is 2. The summed E-state index contributed by atoms with van der Waals surface area (Å²) >= 11 is 0. The maximum Gasteiger partial charge on any atom is 0.246 e. The molecule has 9 heteroatoms. The summed E-state index contributed by atoms with van der Waals surface area (Å²) in [5, 5.41) is 6.09. The number of hydrogen-bond donors (Lipinski definition) is 3. The Morgan fingerprint density at radius 2 is 1.68 bits per heavy atom. The maximum atomic E-state index is 14.2. The van der Waals surface area contributed by atoms with Crippen LogP contribution < -0.4 is 21.1 Å². The predicted octanol–water partition coefficient (Wildman–Crippen LogP) is 1.88. The van der Waals surface area contributed by atoms with E-state index in [9.17, 15) is 14.4 Å². The smallest absolute Gasteiger partial charge is 0.246 e. The topological polar surface area (TPSA) is 114 Å². The zero-order valence-electron chi connectivity index (χ0n) is 24.8. The van der Waals surface area contributed by atoms with Gasteiger partial charge in [-0.3, -0.25) is 14.4 Å². The minimum atomic E-state index is -0.773.